The first-order valence-electron chi connectivity index (χ1n) is 5.24. The fourth-order valence-corrected chi connectivity index (χ4v) is 1.33. The Morgan fingerprint density at radius 1 is 1.50 bits per heavy atom. The fraction of sp³-hybridized carbons (Fsp3) is 0.417. The summed E-state index contributed by atoms with van der Waals surface area (Å²) in [5.74, 6) is -0.291. The Morgan fingerprint density at radius 3 is 2.56 bits per heavy atom. The van der Waals surface area contributed by atoms with E-state index in [2.05, 4.69) is 5.32 Å². The van der Waals surface area contributed by atoms with Crippen LogP contribution >= 0.6 is 0 Å². The molecule has 0 fully saturated rings. The van der Waals surface area contributed by atoms with Gasteiger partial charge in [0, 0.05) is 6.04 Å². The number of nitrogens with one attached hydrogen (secondary N) is 1. The molecule has 4 N–H and O–H groups in total. The summed E-state index contributed by atoms with van der Waals surface area (Å²) in [6.07, 6.45) is 0. The molecule has 1 aromatic carbocycles. The molecular weight excluding hydrogens is 204 g/mol. The van der Waals surface area contributed by atoms with E-state index >= 15 is 0 Å². The van der Waals surface area contributed by atoms with Crippen molar-refractivity contribution in [3.8, 4) is 0 Å². The highest BCUT2D eigenvalue weighted by atomic mass is 16.3. The van der Waals surface area contributed by atoms with Crippen LogP contribution in [0.3, 0.4) is 0 Å². The molecule has 0 saturated heterocycles. The van der Waals surface area contributed by atoms with Crippen molar-refractivity contribution in [1.82, 2.24) is 5.32 Å². The second-order valence-corrected chi connectivity index (χ2v) is 4.13. The maximum Gasteiger partial charge on any atom is 0.244 e. The van der Waals surface area contributed by atoms with Gasteiger partial charge in [-0.2, -0.15) is 0 Å². The molecule has 0 aromatic heterocycles. The number of benzene rings is 1. The largest absolute Gasteiger partial charge is 0.394 e. The number of hydrogen-bond donors (Lipinski definition) is 3. The van der Waals surface area contributed by atoms with E-state index in [1.807, 2.05) is 30.3 Å². The fourth-order valence-electron chi connectivity index (χ4n) is 1.33. The van der Waals surface area contributed by atoms with Gasteiger partial charge in [0.15, 0.2) is 0 Å². The Morgan fingerprint density at radius 2 is 2.06 bits per heavy atom. The third-order valence-corrected chi connectivity index (χ3v) is 2.50. The predicted octanol–water partition coefficient (Wildman–Crippen LogP) is 0.358. The maximum atomic E-state index is 11.9. The zero-order chi connectivity index (χ0) is 12.2. The Labute approximate surface area is 95.5 Å². The summed E-state index contributed by atoms with van der Waals surface area (Å²) in [5.41, 5.74) is 5.66. The Balaban J connectivity index is 2.82. The highest BCUT2D eigenvalue weighted by Gasteiger charge is 2.30. The van der Waals surface area contributed by atoms with Gasteiger partial charge in [0.1, 0.15) is 5.54 Å². The molecule has 0 radical (unpaired) electrons. The van der Waals surface area contributed by atoms with E-state index in [9.17, 15) is 4.79 Å². The van der Waals surface area contributed by atoms with Crippen LogP contribution in [-0.2, 0) is 10.3 Å². The number of amides is 1. The molecule has 0 aliphatic carbocycles. The van der Waals surface area contributed by atoms with Crippen LogP contribution in [-0.4, -0.2) is 23.7 Å². The van der Waals surface area contributed by atoms with Gasteiger partial charge in [-0.25, -0.2) is 0 Å². The lowest BCUT2D eigenvalue weighted by atomic mass is 9.92. The van der Waals surface area contributed by atoms with Crippen molar-refractivity contribution in [2.45, 2.75) is 25.4 Å². The molecule has 0 aliphatic rings. The van der Waals surface area contributed by atoms with Crippen LogP contribution in [0, 0.1) is 0 Å². The van der Waals surface area contributed by atoms with E-state index in [1.54, 1.807) is 13.8 Å². The molecule has 2 atom stereocenters. The summed E-state index contributed by atoms with van der Waals surface area (Å²) >= 11 is 0. The van der Waals surface area contributed by atoms with E-state index < -0.39 is 5.54 Å². The molecule has 0 saturated carbocycles. The summed E-state index contributed by atoms with van der Waals surface area (Å²) in [4.78, 5) is 11.9. The normalized spacial score (nSPS) is 16.2. The van der Waals surface area contributed by atoms with Crippen LogP contribution in [0.2, 0.25) is 0 Å². The third kappa shape index (κ3) is 2.81. The molecule has 88 valence electrons. The molecule has 1 unspecified atom stereocenters. The van der Waals surface area contributed by atoms with Gasteiger partial charge in [-0.3, -0.25) is 4.79 Å². The Bertz CT molecular complexity index is 349. The van der Waals surface area contributed by atoms with E-state index in [0.717, 1.165) is 5.56 Å². The van der Waals surface area contributed by atoms with Crippen molar-refractivity contribution in [1.29, 1.82) is 0 Å². The molecule has 4 heteroatoms. The average Bonchev–Trinajstić information content (AvgIpc) is 2.29. The first-order valence-corrected chi connectivity index (χ1v) is 5.24. The number of nitrogens with two attached hydrogens (primary N) is 1. The van der Waals surface area contributed by atoms with E-state index in [4.69, 9.17) is 10.8 Å². The number of hydrogen-bond acceptors (Lipinski definition) is 3. The smallest absolute Gasteiger partial charge is 0.244 e. The second-order valence-electron chi connectivity index (χ2n) is 4.13. The third-order valence-electron chi connectivity index (χ3n) is 2.50. The van der Waals surface area contributed by atoms with Crippen LogP contribution in [0.25, 0.3) is 0 Å². The molecule has 1 rings (SSSR count). The first kappa shape index (κ1) is 12.7. The van der Waals surface area contributed by atoms with E-state index in [-0.39, 0.29) is 18.6 Å². The quantitative estimate of drug-likeness (QED) is 0.688. The van der Waals surface area contributed by atoms with Crippen molar-refractivity contribution < 1.29 is 9.90 Å². The Hall–Kier alpha value is -1.39. The minimum absolute atomic E-state index is 0.101. The monoisotopic (exact) mass is 222 g/mol. The summed E-state index contributed by atoms with van der Waals surface area (Å²) in [5, 5.41) is 11.5. The number of carbonyl (C=O) groups is 1. The van der Waals surface area contributed by atoms with Gasteiger partial charge >= 0.3 is 0 Å². The van der Waals surface area contributed by atoms with Crippen molar-refractivity contribution >= 4 is 5.91 Å². The predicted molar refractivity (Wildman–Crippen MR) is 62.7 cm³/mol. The van der Waals surface area contributed by atoms with E-state index in [0.29, 0.717) is 0 Å². The second kappa shape index (κ2) is 5.09. The van der Waals surface area contributed by atoms with Gasteiger partial charge < -0.3 is 16.2 Å². The topological polar surface area (TPSA) is 75.3 Å². The summed E-state index contributed by atoms with van der Waals surface area (Å²) < 4.78 is 0. The number of carbonyl (C=O) groups excluding carboxylic acids is 1. The molecule has 0 aliphatic heterocycles. The van der Waals surface area contributed by atoms with Crippen LogP contribution < -0.4 is 11.1 Å². The maximum absolute atomic E-state index is 11.9. The highest BCUT2D eigenvalue weighted by Crippen LogP contribution is 2.17. The number of aliphatic hydroxyl groups excluding tert-OH is 1. The zero-order valence-corrected chi connectivity index (χ0v) is 9.60. The lowest BCUT2D eigenvalue weighted by molar-refractivity contribution is -0.127. The van der Waals surface area contributed by atoms with Crippen molar-refractivity contribution in [2.75, 3.05) is 6.61 Å². The molecule has 0 spiro atoms. The summed E-state index contributed by atoms with van der Waals surface area (Å²) in [7, 11) is 0. The van der Waals surface area contributed by atoms with Gasteiger partial charge in [0.2, 0.25) is 5.91 Å². The molecular formula is C12H18N2O2. The van der Waals surface area contributed by atoms with Gasteiger partial charge in [-0.1, -0.05) is 30.3 Å². The molecule has 0 heterocycles. The minimum Gasteiger partial charge on any atom is -0.394 e. The molecule has 1 aromatic rings. The van der Waals surface area contributed by atoms with Crippen molar-refractivity contribution in [2.24, 2.45) is 5.73 Å². The van der Waals surface area contributed by atoms with Gasteiger partial charge in [-0.05, 0) is 19.4 Å². The van der Waals surface area contributed by atoms with Crippen LogP contribution in [0.4, 0.5) is 0 Å². The van der Waals surface area contributed by atoms with Gasteiger partial charge in [0.05, 0.1) is 6.61 Å². The van der Waals surface area contributed by atoms with Crippen LogP contribution in [0.15, 0.2) is 30.3 Å². The van der Waals surface area contributed by atoms with Crippen molar-refractivity contribution in [3.05, 3.63) is 35.9 Å². The number of aliphatic hydroxyl groups is 1. The molecule has 0 bridgehead atoms. The van der Waals surface area contributed by atoms with Gasteiger partial charge in [-0.15, -0.1) is 0 Å². The van der Waals surface area contributed by atoms with Crippen LogP contribution in [0.1, 0.15) is 19.4 Å². The first-order chi connectivity index (χ1) is 7.48. The highest BCUT2D eigenvalue weighted by molar-refractivity contribution is 5.87. The molecule has 1 amide bonds. The standard InChI is InChI=1S/C12H18N2O2/c1-9(8-15)14-11(16)12(2,13)10-6-4-3-5-7-10/h3-7,9,15H,8,13H2,1-2H3,(H,14,16)/t9-,12?/m0/s1. The Kier molecular flexibility index (Phi) is 4.04. The van der Waals surface area contributed by atoms with Crippen molar-refractivity contribution in [3.63, 3.8) is 0 Å². The summed E-state index contributed by atoms with van der Waals surface area (Å²) in [6.45, 7) is 3.28. The minimum atomic E-state index is -1.08. The lowest BCUT2D eigenvalue weighted by Gasteiger charge is -2.25. The lowest BCUT2D eigenvalue weighted by Crippen LogP contribution is -2.52. The molecule has 4 nitrogen and oxygen atoms in total. The number of rotatable bonds is 4. The zero-order valence-electron chi connectivity index (χ0n) is 9.60. The van der Waals surface area contributed by atoms with Crippen LogP contribution in [0.5, 0.6) is 0 Å². The summed E-state index contributed by atoms with van der Waals surface area (Å²) in [6, 6.07) is 8.87. The average molecular weight is 222 g/mol. The SMILES string of the molecule is C[C@@H](CO)NC(=O)C(C)(N)c1ccccc1. The van der Waals surface area contributed by atoms with Gasteiger partial charge in [0.25, 0.3) is 0 Å². The van der Waals surface area contributed by atoms with E-state index in [1.165, 1.54) is 0 Å². The molecule has 16 heavy (non-hydrogen) atoms.